The Morgan fingerprint density at radius 2 is 2.17 bits per heavy atom. The van der Waals surface area contributed by atoms with Crippen molar-refractivity contribution in [2.45, 2.75) is 18.9 Å². The smallest absolute Gasteiger partial charge is 0.205 e. The van der Waals surface area contributed by atoms with Gasteiger partial charge in [-0.05, 0) is 32.0 Å². The number of hydrogen-bond donors (Lipinski definition) is 2. The molecule has 1 aliphatic heterocycles. The van der Waals surface area contributed by atoms with Crippen molar-refractivity contribution in [3.8, 4) is 0 Å². The number of halogens is 1. The lowest BCUT2D eigenvalue weighted by Gasteiger charge is -2.31. The van der Waals surface area contributed by atoms with Crippen LogP contribution in [0.1, 0.15) is 12.8 Å². The highest BCUT2D eigenvalue weighted by molar-refractivity contribution is 5.85. The molecule has 1 aliphatic rings. The number of imidazole rings is 1. The van der Waals surface area contributed by atoms with Gasteiger partial charge in [0.25, 0.3) is 0 Å². The van der Waals surface area contributed by atoms with Crippen molar-refractivity contribution in [2.75, 3.05) is 25.0 Å². The zero-order valence-corrected chi connectivity index (χ0v) is 11.2. The van der Waals surface area contributed by atoms with Crippen LogP contribution in [-0.4, -0.2) is 41.1 Å². The molecule has 0 bridgehead atoms. The van der Waals surface area contributed by atoms with Gasteiger partial charge >= 0.3 is 0 Å². The largest absolute Gasteiger partial charge is 0.342 e. The molecule has 0 amide bonds. The Bertz CT molecular complexity index is 471. The van der Waals surface area contributed by atoms with E-state index in [2.05, 4.69) is 25.2 Å². The van der Waals surface area contributed by atoms with Crippen molar-refractivity contribution in [3.05, 3.63) is 18.3 Å². The highest BCUT2D eigenvalue weighted by Gasteiger charge is 2.20. The van der Waals surface area contributed by atoms with Gasteiger partial charge in [-0.15, -0.1) is 12.4 Å². The second-order valence-electron chi connectivity index (χ2n) is 4.48. The molecule has 1 fully saturated rings. The van der Waals surface area contributed by atoms with Crippen LogP contribution in [0.15, 0.2) is 18.3 Å². The van der Waals surface area contributed by atoms with Crippen LogP contribution < -0.4 is 10.2 Å². The van der Waals surface area contributed by atoms with Crippen molar-refractivity contribution in [3.63, 3.8) is 0 Å². The van der Waals surface area contributed by atoms with Gasteiger partial charge in [0.1, 0.15) is 0 Å². The Morgan fingerprint density at radius 1 is 1.39 bits per heavy atom. The summed E-state index contributed by atoms with van der Waals surface area (Å²) in [6, 6.07) is 4.59. The van der Waals surface area contributed by atoms with Crippen LogP contribution >= 0.6 is 12.4 Å². The second-order valence-corrected chi connectivity index (χ2v) is 4.48. The SMILES string of the molecule is CNC1CCN(c2nc3ncccc3[nH]2)CC1.Cl. The zero-order chi connectivity index (χ0) is 11.7. The molecule has 2 aromatic heterocycles. The lowest BCUT2D eigenvalue weighted by molar-refractivity contribution is 0.439. The first kappa shape index (κ1) is 13.1. The van der Waals surface area contributed by atoms with E-state index in [0.29, 0.717) is 6.04 Å². The minimum absolute atomic E-state index is 0. The summed E-state index contributed by atoms with van der Waals surface area (Å²) in [6.07, 6.45) is 4.11. The molecular weight excluding hydrogens is 250 g/mol. The van der Waals surface area contributed by atoms with Crippen LogP contribution in [0.3, 0.4) is 0 Å². The molecule has 6 heteroatoms. The number of fused-ring (bicyclic) bond motifs is 1. The van der Waals surface area contributed by atoms with Crippen LogP contribution in [0.4, 0.5) is 5.95 Å². The number of nitrogens with zero attached hydrogens (tertiary/aromatic N) is 3. The summed E-state index contributed by atoms with van der Waals surface area (Å²) >= 11 is 0. The topological polar surface area (TPSA) is 56.8 Å². The number of piperidine rings is 1. The lowest BCUT2D eigenvalue weighted by Crippen LogP contribution is -2.41. The van der Waals surface area contributed by atoms with Gasteiger partial charge in [-0.1, -0.05) is 0 Å². The highest BCUT2D eigenvalue weighted by atomic mass is 35.5. The number of aromatic nitrogens is 3. The Balaban J connectivity index is 0.00000120. The van der Waals surface area contributed by atoms with Crippen LogP contribution in [0, 0.1) is 0 Å². The average molecular weight is 268 g/mol. The van der Waals surface area contributed by atoms with E-state index in [1.54, 1.807) is 6.20 Å². The molecular formula is C12H18ClN5. The third-order valence-electron chi connectivity index (χ3n) is 3.45. The first-order chi connectivity index (χ1) is 8.36. The van der Waals surface area contributed by atoms with Gasteiger partial charge in [0.05, 0.1) is 5.52 Å². The maximum absolute atomic E-state index is 4.53. The fourth-order valence-electron chi connectivity index (χ4n) is 2.36. The van der Waals surface area contributed by atoms with E-state index < -0.39 is 0 Å². The Hall–Kier alpha value is -1.33. The number of rotatable bonds is 2. The summed E-state index contributed by atoms with van der Waals surface area (Å²) in [6.45, 7) is 2.09. The molecule has 3 rings (SSSR count). The molecule has 5 nitrogen and oxygen atoms in total. The highest BCUT2D eigenvalue weighted by Crippen LogP contribution is 2.19. The molecule has 0 aliphatic carbocycles. The minimum atomic E-state index is 0. The number of aromatic amines is 1. The number of hydrogen-bond acceptors (Lipinski definition) is 4. The van der Waals surface area contributed by atoms with Gasteiger partial charge in [0, 0.05) is 25.3 Å². The maximum atomic E-state index is 4.53. The zero-order valence-electron chi connectivity index (χ0n) is 10.4. The fourth-order valence-corrected chi connectivity index (χ4v) is 2.36. The predicted octanol–water partition coefficient (Wildman–Crippen LogP) is 1.57. The van der Waals surface area contributed by atoms with E-state index in [-0.39, 0.29) is 12.4 Å². The Kier molecular flexibility index (Phi) is 4.04. The molecule has 2 aromatic rings. The van der Waals surface area contributed by atoms with E-state index >= 15 is 0 Å². The minimum Gasteiger partial charge on any atom is -0.342 e. The quantitative estimate of drug-likeness (QED) is 0.867. The standard InChI is InChI=1S/C12H17N5.ClH/c1-13-9-4-7-17(8-5-9)12-15-10-3-2-6-14-11(10)16-12;/h2-3,6,9,13H,4-5,7-8H2,1H3,(H,14,15,16);1H. The molecule has 0 aromatic carbocycles. The molecule has 0 radical (unpaired) electrons. The number of pyridine rings is 1. The first-order valence-corrected chi connectivity index (χ1v) is 6.10. The monoisotopic (exact) mass is 267 g/mol. The van der Waals surface area contributed by atoms with Gasteiger partial charge in [0.2, 0.25) is 5.95 Å². The normalized spacial score (nSPS) is 16.8. The Morgan fingerprint density at radius 3 is 2.83 bits per heavy atom. The van der Waals surface area contributed by atoms with Gasteiger partial charge in [-0.25, -0.2) is 4.98 Å². The molecule has 18 heavy (non-hydrogen) atoms. The van der Waals surface area contributed by atoms with Gasteiger partial charge in [-0.2, -0.15) is 4.98 Å². The summed E-state index contributed by atoms with van der Waals surface area (Å²) in [5.41, 5.74) is 1.82. The van der Waals surface area contributed by atoms with E-state index in [1.165, 1.54) is 12.8 Å². The summed E-state index contributed by atoms with van der Waals surface area (Å²) in [7, 11) is 2.03. The van der Waals surface area contributed by atoms with E-state index in [1.807, 2.05) is 19.2 Å². The lowest BCUT2D eigenvalue weighted by atomic mass is 10.1. The third-order valence-corrected chi connectivity index (χ3v) is 3.45. The van der Waals surface area contributed by atoms with Gasteiger partial charge in [-0.3, -0.25) is 0 Å². The summed E-state index contributed by atoms with van der Waals surface area (Å²) in [5.74, 6) is 0.952. The second kappa shape index (κ2) is 5.54. The van der Waals surface area contributed by atoms with Crippen molar-refractivity contribution in [1.29, 1.82) is 0 Å². The number of nitrogens with one attached hydrogen (secondary N) is 2. The molecule has 0 atom stereocenters. The molecule has 98 valence electrons. The maximum Gasteiger partial charge on any atom is 0.205 e. The molecule has 2 N–H and O–H groups in total. The molecule has 0 spiro atoms. The van der Waals surface area contributed by atoms with Crippen LogP contribution in [0.2, 0.25) is 0 Å². The Labute approximate surface area is 112 Å². The average Bonchev–Trinajstić information content (AvgIpc) is 2.82. The first-order valence-electron chi connectivity index (χ1n) is 6.10. The van der Waals surface area contributed by atoms with Gasteiger partial charge in [0.15, 0.2) is 5.65 Å². The van der Waals surface area contributed by atoms with Crippen molar-refractivity contribution < 1.29 is 0 Å². The van der Waals surface area contributed by atoms with Crippen LogP contribution in [-0.2, 0) is 0 Å². The molecule has 1 saturated heterocycles. The van der Waals surface area contributed by atoms with E-state index in [0.717, 1.165) is 30.2 Å². The predicted molar refractivity (Wildman–Crippen MR) is 75.4 cm³/mol. The van der Waals surface area contributed by atoms with Crippen molar-refractivity contribution in [1.82, 2.24) is 20.3 Å². The third kappa shape index (κ3) is 2.42. The number of anilines is 1. The van der Waals surface area contributed by atoms with Crippen molar-refractivity contribution >= 4 is 29.5 Å². The molecule has 0 unspecified atom stereocenters. The van der Waals surface area contributed by atoms with Crippen molar-refractivity contribution in [2.24, 2.45) is 0 Å². The summed E-state index contributed by atoms with van der Waals surface area (Å²) in [5, 5.41) is 3.33. The van der Waals surface area contributed by atoms with Crippen LogP contribution in [0.25, 0.3) is 11.2 Å². The fraction of sp³-hybridized carbons (Fsp3) is 0.500. The van der Waals surface area contributed by atoms with E-state index in [9.17, 15) is 0 Å². The van der Waals surface area contributed by atoms with E-state index in [4.69, 9.17) is 0 Å². The van der Waals surface area contributed by atoms with Gasteiger partial charge < -0.3 is 15.2 Å². The van der Waals surface area contributed by atoms with Crippen LogP contribution in [0.5, 0.6) is 0 Å². The molecule has 3 heterocycles. The number of H-pyrrole nitrogens is 1. The molecule has 0 saturated carbocycles. The summed E-state index contributed by atoms with van der Waals surface area (Å²) in [4.78, 5) is 14.4. The summed E-state index contributed by atoms with van der Waals surface area (Å²) < 4.78 is 0.